The molecule has 1 aromatic carbocycles. The molecule has 4 rings (SSSR count). The molecule has 9 nitrogen and oxygen atoms in total. The molecule has 0 bridgehead atoms. The van der Waals surface area contributed by atoms with Crippen molar-refractivity contribution >= 4 is 40.4 Å². The first-order chi connectivity index (χ1) is 17.8. The third-order valence-corrected chi connectivity index (χ3v) is 6.52. The predicted molar refractivity (Wildman–Crippen MR) is 147 cm³/mol. The summed E-state index contributed by atoms with van der Waals surface area (Å²) in [6, 6.07) is 10.4. The van der Waals surface area contributed by atoms with Crippen molar-refractivity contribution < 1.29 is 14.3 Å². The normalized spacial score (nSPS) is 15.0. The number of nitrogens with one attached hydrogen (secondary N) is 2. The highest BCUT2D eigenvalue weighted by Crippen LogP contribution is 2.39. The molecule has 2 aromatic heterocycles. The number of hydrogen-bond donors (Lipinski definition) is 2. The van der Waals surface area contributed by atoms with Gasteiger partial charge in [-0.2, -0.15) is 0 Å². The molecule has 2 N–H and O–H groups in total. The van der Waals surface area contributed by atoms with Gasteiger partial charge in [0.1, 0.15) is 17.6 Å². The summed E-state index contributed by atoms with van der Waals surface area (Å²) in [4.78, 5) is 38.2. The monoisotopic (exact) mass is 502 g/mol. The van der Waals surface area contributed by atoms with Crippen molar-refractivity contribution in [2.75, 3.05) is 41.1 Å². The van der Waals surface area contributed by atoms with E-state index < -0.39 is 0 Å². The SMILES string of the molecule is CCC1C(=O)N(C)c2cnc(Nc3ccc(C(=O)Nc4ccncc4)cc3OC)cc2N1CCC(C)C. The Hall–Kier alpha value is -4.14. The minimum Gasteiger partial charge on any atom is -0.495 e. The van der Waals surface area contributed by atoms with Crippen LogP contribution in [0.3, 0.4) is 0 Å². The molecule has 37 heavy (non-hydrogen) atoms. The fourth-order valence-corrected chi connectivity index (χ4v) is 4.42. The van der Waals surface area contributed by atoms with Crippen LogP contribution in [0, 0.1) is 5.92 Å². The van der Waals surface area contributed by atoms with E-state index in [9.17, 15) is 9.59 Å². The summed E-state index contributed by atoms with van der Waals surface area (Å²) in [6.07, 6.45) is 6.68. The van der Waals surface area contributed by atoms with Gasteiger partial charge in [0, 0.05) is 43.3 Å². The second-order valence-corrected chi connectivity index (χ2v) is 9.49. The topological polar surface area (TPSA) is 99.7 Å². The first-order valence-corrected chi connectivity index (χ1v) is 12.5. The van der Waals surface area contributed by atoms with Gasteiger partial charge >= 0.3 is 0 Å². The number of nitrogens with zero attached hydrogens (tertiary/aromatic N) is 4. The molecule has 0 aliphatic carbocycles. The Morgan fingerprint density at radius 2 is 1.89 bits per heavy atom. The van der Waals surface area contributed by atoms with E-state index >= 15 is 0 Å². The standard InChI is InChI=1S/C28H34N6O3/c1-6-22-28(36)33(4)24-17-30-26(16-23(24)34(22)14-11-18(2)3)32-21-8-7-19(15-25(21)37-5)27(35)31-20-9-12-29-13-10-20/h7-10,12-13,15-18,22H,6,11,14H2,1-5H3,(H,30,32)(H,29,31,35). The largest absolute Gasteiger partial charge is 0.495 e. The Kier molecular flexibility index (Phi) is 7.91. The van der Waals surface area contributed by atoms with Gasteiger partial charge in [-0.05, 0) is 49.1 Å². The molecule has 0 saturated carbocycles. The Balaban J connectivity index is 1.60. The van der Waals surface area contributed by atoms with E-state index in [4.69, 9.17) is 4.74 Å². The summed E-state index contributed by atoms with van der Waals surface area (Å²) >= 11 is 0. The van der Waals surface area contributed by atoms with Crippen LogP contribution in [0.1, 0.15) is 44.0 Å². The van der Waals surface area contributed by atoms with Crippen LogP contribution in [0.15, 0.2) is 55.0 Å². The number of carbonyl (C=O) groups is 2. The second kappa shape index (κ2) is 11.3. The Morgan fingerprint density at radius 1 is 1.14 bits per heavy atom. The van der Waals surface area contributed by atoms with Gasteiger partial charge in [0.2, 0.25) is 5.91 Å². The van der Waals surface area contributed by atoms with Gasteiger partial charge in [-0.25, -0.2) is 4.98 Å². The van der Waals surface area contributed by atoms with Crippen LogP contribution in [0.2, 0.25) is 0 Å². The number of hydrogen-bond acceptors (Lipinski definition) is 7. The van der Waals surface area contributed by atoms with Crippen molar-refractivity contribution in [3.05, 3.63) is 60.6 Å². The summed E-state index contributed by atoms with van der Waals surface area (Å²) in [5.41, 5.74) is 3.56. The van der Waals surface area contributed by atoms with Gasteiger partial charge in [-0.1, -0.05) is 20.8 Å². The third kappa shape index (κ3) is 5.66. The summed E-state index contributed by atoms with van der Waals surface area (Å²) in [6.45, 7) is 7.21. The summed E-state index contributed by atoms with van der Waals surface area (Å²) in [5.74, 6) is 1.50. The highest BCUT2D eigenvalue weighted by Gasteiger charge is 2.35. The lowest BCUT2D eigenvalue weighted by Crippen LogP contribution is -2.52. The summed E-state index contributed by atoms with van der Waals surface area (Å²) < 4.78 is 5.58. The van der Waals surface area contributed by atoms with Gasteiger partial charge in [-0.15, -0.1) is 0 Å². The lowest BCUT2D eigenvalue weighted by atomic mass is 10.0. The van der Waals surface area contributed by atoms with E-state index in [1.807, 2.05) is 13.0 Å². The van der Waals surface area contributed by atoms with Crippen LogP contribution in [0.4, 0.5) is 28.6 Å². The van der Waals surface area contributed by atoms with E-state index in [0.717, 1.165) is 30.8 Å². The van der Waals surface area contributed by atoms with Crippen LogP contribution < -0.4 is 25.2 Å². The lowest BCUT2D eigenvalue weighted by molar-refractivity contribution is -0.120. The minimum atomic E-state index is -0.248. The second-order valence-electron chi connectivity index (χ2n) is 9.49. The highest BCUT2D eigenvalue weighted by molar-refractivity contribution is 6.06. The minimum absolute atomic E-state index is 0.0866. The van der Waals surface area contributed by atoms with E-state index in [1.165, 1.54) is 0 Å². The van der Waals surface area contributed by atoms with Crippen molar-refractivity contribution in [3.8, 4) is 5.75 Å². The molecule has 9 heteroatoms. The lowest BCUT2D eigenvalue weighted by Gasteiger charge is -2.41. The number of likely N-dealkylation sites (N-methyl/N-ethyl adjacent to an activating group) is 1. The zero-order valence-corrected chi connectivity index (χ0v) is 22.0. The average molecular weight is 503 g/mol. The maximum Gasteiger partial charge on any atom is 0.255 e. The first kappa shape index (κ1) is 25.9. The third-order valence-electron chi connectivity index (χ3n) is 6.52. The van der Waals surface area contributed by atoms with Gasteiger partial charge in [-0.3, -0.25) is 14.6 Å². The van der Waals surface area contributed by atoms with Crippen molar-refractivity contribution in [2.24, 2.45) is 5.92 Å². The number of ether oxygens (including phenoxy) is 1. The molecule has 194 valence electrons. The van der Waals surface area contributed by atoms with Crippen LogP contribution in [0.25, 0.3) is 0 Å². The fourth-order valence-electron chi connectivity index (χ4n) is 4.42. The molecular formula is C28H34N6O3. The van der Waals surface area contributed by atoms with Crippen molar-refractivity contribution in [1.29, 1.82) is 0 Å². The number of amides is 2. The van der Waals surface area contributed by atoms with E-state index in [1.54, 1.807) is 68.0 Å². The van der Waals surface area contributed by atoms with Gasteiger partial charge in [0.05, 0.1) is 30.4 Å². The molecule has 0 saturated heterocycles. The van der Waals surface area contributed by atoms with Crippen LogP contribution >= 0.6 is 0 Å². The first-order valence-electron chi connectivity index (χ1n) is 12.5. The molecule has 1 aliphatic rings. The molecule has 1 unspecified atom stereocenters. The molecule has 1 atom stereocenters. The molecule has 2 amide bonds. The van der Waals surface area contributed by atoms with E-state index in [-0.39, 0.29) is 17.9 Å². The number of fused-ring (bicyclic) bond motifs is 1. The number of aromatic nitrogens is 2. The van der Waals surface area contributed by atoms with Crippen LogP contribution in [-0.4, -0.2) is 48.5 Å². The van der Waals surface area contributed by atoms with Gasteiger partial charge in [0.25, 0.3) is 5.91 Å². The Bertz CT molecular complexity index is 1260. The molecule has 3 aromatic rings. The van der Waals surface area contributed by atoms with Gasteiger partial charge < -0.3 is 25.2 Å². The van der Waals surface area contributed by atoms with Crippen LogP contribution in [0.5, 0.6) is 5.75 Å². The zero-order chi connectivity index (χ0) is 26.5. The number of methoxy groups -OCH3 is 1. The Morgan fingerprint density at radius 3 is 2.57 bits per heavy atom. The number of pyridine rings is 2. The summed E-state index contributed by atoms with van der Waals surface area (Å²) in [7, 11) is 3.36. The Labute approximate surface area is 217 Å². The zero-order valence-electron chi connectivity index (χ0n) is 22.0. The number of rotatable bonds is 9. The molecular weight excluding hydrogens is 468 g/mol. The molecule has 0 fully saturated rings. The molecule has 1 aliphatic heterocycles. The van der Waals surface area contributed by atoms with Crippen molar-refractivity contribution in [2.45, 2.75) is 39.7 Å². The highest BCUT2D eigenvalue weighted by atomic mass is 16.5. The fraction of sp³-hybridized carbons (Fsp3) is 0.357. The van der Waals surface area contributed by atoms with E-state index in [0.29, 0.717) is 34.4 Å². The number of benzene rings is 1. The van der Waals surface area contributed by atoms with Crippen molar-refractivity contribution in [3.63, 3.8) is 0 Å². The maximum absolute atomic E-state index is 13.0. The molecule has 3 heterocycles. The van der Waals surface area contributed by atoms with Gasteiger partial charge in [0.15, 0.2) is 0 Å². The molecule has 0 radical (unpaired) electrons. The van der Waals surface area contributed by atoms with E-state index in [2.05, 4.69) is 39.3 Å². The van der Waals surface area contributed by atoms with Crippen LogP contribution in [-0.2, 0) is 4.79 Å². The average Bonchev–Trinajstić information content (AvgIpc) is 2.90. The summed E-state index contributed by atoms with van der Waals surface area (Å²) in [5, 5.41) is 6.18. The van der Waals surface area contributed by atoms with Crippen molar-refractivity contribution in [1.82, 2.24) is 9.97 Å². The number of carbonyl (C=O) groups excluding carboxylic acids is 2. The molecule has 0 spiro atoms. The quantitative estimate of drug-likeness (QED) is 0.420. The predicted octanol–water partition coefficient (Wildman–Crippen LogP) is 5.09. The maximum atomic E-state index is 13.0. The smallest absolute Gasteiger partial charge is 0.255 e. The number of anilines is 5.